The Morgan fingerprint density at radius 3 is 2.90 bits per heavy atom. The monoisotopic (exact) mass is 271 g/mol. The first-order valence-corrected chi connectivity index (χ1v) is 7.27. The van der Waals surface area contributed by atoms with Crippen molar-refractivity contribution < 1.29 is 4.74 Å². The second-order valence-corrected chi connectivity index (χ2v) is 5.27. The zero-order valence-electron chi connectivity index (χ0n) is 11.9. The summed E-state index contributed by atoms with van der Waals surface area (Å²) in [5.74, 6) is 1.39. The average molecular weight is 271 g/mol. The van der Waals surface area contributed by atoms with Crippen molar-refractivity contribution in [3.8, 4) is 5.88 Å². The lowest BCUT2D eigenvalue weighted by Crippen LogP contribution is -2.30. The van der Waals surface area contributed by atoms with Crippen molar-refractivity contribution in [3.05, 3.63) is 30.5 Å². The molecule has 0 radical (unpaired) electrons. The van der Waals surface area contributed by atoms with E-state index >= 15 is 0 Å². The van der Waals surface area contributed by atoms with Crippen molar-refractivity contribution in [2.45, 2.75) is 12.8 Å². The van der Waals surface area contributed by atoms with E-state index in [0.717, 1.165) is 42.0 Å². The molecule has 0 aliphatic carbocycles. The Balaban J connectivity index is 1.80. The highest BCUT2D eigenvalue weighted by Crippen LogP contribution is 2.29. The molecule has 0 amide bonds. The van der Waals surface area contributed by atoms with Gasteiger partial charge in [0.05, 0.1) is 6.61 Å². The topological polar surface area (TPSA) is 46.2 Å². The van der Waals surface area contributed by atoms with Gasteiger partial charge in [-0.2, -0.15) is 0 Å². The van der Waals surface area contributed by atoms with Crippen molar-refractivity contribution >= 4 is 16.5 Å². The number of nitrogens with one attached hydrogen (secondary N) is 2. The zero-order chi connectivity index (χ0) is 13.8. The lowest BCUT2D eigenvalue weighted by molar-refractivity contribution is 0.211. The first-order chi connectivity index (χ1) is 9.88. The van der Waals surface area contributed by atoms with Gasteiger partial charge >= 0.3 is 0 Å². The summed E-state index contributed by atoms with van der Waals surface area (Å²) in [6.45, 7) is 2.96. The summed E-state index contributed by atoms with van der Waals surface area (Å²) < 4.78 is 5.99. The molecule has 4 nitrogen and oxygen atoms in total. The van der Waals surface area contributed by atoms with Gasteiger partial charge < -0.3 is 15.4 Å². The molecule has 0 bridgehead atoms. The maximum Gasteiger partial charge on any atom is 0.221 e. The van der Waals surface area contributed by atoms with Gasteiger partial charge in [0.25, 0.3) is 0 Å². The molecule has 1 aromatic heterocycles. The van der Waals surface area contributed by atoms with E-state index in [1.54, 1.807) is 0 Å². The van der Waals surface area contributed by atoms with Crippen LogP contribution in [0.5, 0.6) is 5.88 Å². The maximum atomic E-state index is 5.99. The number of piperidine rings is 1. The van der Waals surface area contributed by atoms with Crippen molar-refractivity contribution in [2.24, 2.45) is 5.92 Å². The van der Waals surface area contributed by atoms with Gasteiger partial charge in [-0.25, -0.2) is 4.98 Å². The highest BCUT2D eigenvalue weighted by Gasteiger charge is 2.15. The second kappa shape index (κ2) is 6.09. The number of fused-ring (bicyclic) bond motifs is 1. The summed E-state index contributed by atoms with van der Waals surface area (Å²) >= 11 is 0. The number of hydrogen-bond acceptors (Lipinski definition) is 4. The summed E-state index contributed by atoms with van der Waals surface area (Å²) in [6, 6.07) is 8.20. The minimum Gasteiger partial charge on any atom is -0.477 e. The van der Waals surface area contributed by atoms with Crippen LogP contribution in [0.4, 0.5) is 5.69 Å². The number of ether oxygens (including phenoxy) is 1. The molecule has 1 aromatic carbocycles. The fourth-order valence-electron chi connectivity index (χ4n) is 2.76. The highest BCUT2D eigenvalue weighted by atomic mass is 16.5. The molecular formula is C16H21N3O. The molecule has 1 saturated heterocycles. The molecule has 2 heterocycles. The van der Waals surface area contributed by atoms with Crippen LogP contribution >= 0.6 is 0 Å². The van der Waals surface area contributed by atoms with E-state index in [1.165, 1.54) is 12.8 Å². The molecule has 2 N–H and O–H groups in total. The smallest absolute Gasteiger partial charge is 0.221 e. The number of pyridine rings is 1. The van der Waals surface area contributed by atoms with E-state index in [1.807, 2.05) is 25.4 Å². The molecule has 0 atom stereocenters. The van der Waals surface area contributed by atoms with Crippen LogP contribution in [0.1, 0.15) is 12.8 Å². The zero-order valence-corrected chi connectivity index (χ0v) is 11.9. The molecule has 0 unspecified atom stereocenters. The molecule has 106 valence electrons. The van der Waals surface area contributed by atoms with Crippen molar-refractivity contribution in [1.82, 2.24) is 10.3 Å². The van der Waals surface area contributed by atoms with Crippen LogP contribution in [0.25, 0.3) is 10.8 Å². The average Bonchev–Trinajstić information content (AvgIpc) is 2.53. The quantitative estimate of drug-likeness (QED) is 0.897. The largest absolute Gasteiger partial charge is 0.477 e. The normalized spacial score (nSPS) is 16.2. The lowest BCUT2D eigenvalue weighted by atomic mass is 9.99. The Labute approximate surface area is 119 Å². The van der Waals surface area contributed by atoms with Gasteiger partial charge in [-0.05, 0) is 50.0 Å². The minimum atomic E-state index is 0.640. The van der Waals surface area contributed by atoms with Gasteiger partial charge in [0, 0.05) is 29.7 Å². The van der Waals surface area contributed by atoms with Gasteiger partial charge in [0.15, 0.2) is 0 Å². The summed E-state index contributed by atoms with van der Waals surface area (Å²) in [4.78, 5) is 4.40. The predicted octanol–water partition coefficient (Wildman–Crippen LogP) is 2.65. The molecule has 1 fully saturated rings. The van der Waals surface area contributed by atoms with Gasteiger partial charge in [-0.15, -0.1) is 0 Å². The number of nitrogens with zero attached hydrogens (tertiary/aromatic N) is 1. The summed E-state index contributed by atoms with van der Waals surface area (Å²) in [5.41, 5.74) is 1.11. The number of aromatic nitrogens is 1. The number of rotatable bonds is 4. The predicted molar refractivity (Wildman–Crippen MR) is 82.4 cm³/mol. The molecule has 1 aliphatic rings. The standard InChI is InChI=1S/C16H21N3O/c1-17-15-4-2-3-14-13(15)7-10-19-16(14)20-11-12-5-8-18-9-6-12/h2-4,7,10,12,17-18H,5-6,8-9,11H2,1H3. The molecule has 1 aliphatic heterocycles. The number of benzene rings is 1. The molecule has 3 rings (SSSR count). The van der Waals surface area contributed by atoms with Crippen LogP contribution < -0.4 is 15.4 Å². The van der Waals surface area contributed by atoms with Gasteiger partial charge in [0.1, 0.15) is 0 Å². The highest BCUT2D eigenvalue weighted by molar-refractivity contribution is 5.96. The third kappa shape index (κ3) is 2.70. The van der Waals surface area contributed by atoms with Gasteiger partial charge in [0.2, 0.25) is 5.88 Å². The molecule has 0 saturated carbocycles. The first-order valence-electron chi connectivity index (χ1n) is 7.27. The molecule has 20 heavy (non-hydrogen) atoms. The maximum absolute atomic E-state index is 5.99. The Morgan fingerprint density at radius 2 is 2.10 bits per heavy atom. The first kappa shape index (κ1) is 13.2. The summed E-state index contributed by atoms with van der Waals surface area (Å²) in [5, 5.41) is 8.82. The van der Waals surface area contributed by atoms with Crippen molar-refractivity contribution in [2.75, 3.05) is 32.1 Å². The second-order valence-electron chi connectivity index (χ2n) is 5.27. The third-order valence-electron chi connectivity index (χ3n) is 3.95. The third-order valence-corrected chi connectivity index (χ3v) is 3.95. The Hall–Kier alpha value is -1.81. The van der Waals surface area contributed by atoms with Crippen LogP contribution in [-0.4, -0.2) is 31.7 Å². The van der Waals surface area contributed by atoms with Gasteiger partial charge in [-0.3, -0.25) is 0 Å². The fourth-order valence-corrected chi connectivity index (χ4v) is 2.76. The van der Waals surface area contributed by atoms with Crippen LogP contribution in [0.2, 0.25) is 0 Å². The van der Waals surface area contributed by atoms with Crippen molar-refractivity contribution in [1.29, 1.82) is 0 Å². The van der Waals surface area contributed by atoms with Crippen LogP contribution in [0.3, 0.4) is 0 Å². The Kier molecular flexibility index (Phi) is 4.02. The lowest BCUT2D eigenvalue weighted by Gasteiger charge is -2.22. The van der Waals surface area contributed by atoms with Crippen LogP contribution in [0, 0.1) is 5.92 Å². The minimum absolute atomic E-state index is 0.640. The Morgan fingerprint density at radius 1 is 1.25 bits per heavy atom. The molecule has 0 spiro atoms. The van der Waals surface area contributed by atoms with Crippen LogP contribution in [0.15, 0.2) is 30.5 Å². The van der Waals surface area contributed by atoms with E-state index in [4.69, 9.17) is 4.74 Å². The van der Waals surface area contributed by atoms with E-state index in [2.05, 4.69) is 27.8 Å². The molecular weight excluding hydrogens is 250 g/mol. The summed E-state index contributed by atoms with van der Waals surface area (Å²) in [6.07, 6.45) is 4.19. The van der Waals surface area contributed by atoms with Gasteiger partial charge in [-0.1, -0.05) is 6.07 Å². The van der Waals surface area contributed by atoms with Crippen LogP contribution in [-0.2, 0) is 0 Å². The Bertz CT molecular complexity index is 579. The molecule has 4 heteroatoms. The van der Waals surface area contributed by atoms with E-state index in [9.17, 15) is 0 Å². The molecule has 2 aromatic rings. The number of hydrogen-bond donors (Lipinski definition) is 2. The SMILES string of the molecule is CNc1cccc2c(OCC3CCNCC3)nccc12. The summed E-state index contributed by atoms with van der Waals surface area (Å²) in [7, 11) is 1.94. The van der Waals surface area contributed by atoms with E-state index < -0.39 is 0 Å². The van der Waals surface area contributed by atoms with Crippen molar-refractivity contribution in [3.63, 3.8) is 0 Å². The fraction of sp³-hybridized carbons (Fsp3) is 0.438. The van der Waals surface area contributed by atoms with E-state index in [-0.39, 0.29) is 0 Å². The number of anilines is 1. The van der Waals surface area contributed by atoms with E-state index in [0.29, 0.717) is 5.92 Å².